The number of alkyl halides is 3. The van der Waals surface area contributed by atoms with Gasteiger partial charge in [0.25, 0.3) is 5.91 Å². The van der Waals surface area contributed by atoms with E-state index in [0.717, 1.165) is 25.1 Å². The number of pyridine rings is 1. The summed E-state index contributed by atoms with van der Waals surface area (Å²) in [6.07, 6.45) is -1.87. The fourth-order valence-electron chi connectivity index (χ4n) is 2.50. The summed E-state index contributed by atoms with van der Waals surface area (Å²) in [7, 11) is 0. The van der Waals surface area contributed by atoms with Crippen LogP contribution in [0.2, 0.25) is 0 Å². The molecule has 1 aliphatic rings. The van der Waals surface area contributed by atoms with Crippen LogP contribution in [0.15, 0.2) is 18.3 Å². The van der Waals surface area contributed by atoms with Crippen molar-refractivity contribution in [1.29, 1.82) is 0 Å². The Morgan fingerprint density at radius 1 is 1.30 bits per heavy atom. The van der Waals surface area contributed by atoms with Crippen molar-refractivity contribution in [3.05, 3.63) is 29.6 Å². The van der Waals surface area contributed by atoms with Crippen LogP contribution in [0.4, 0.5) is 13.2 Å². The van der Waals surface area contributed by atoms with Gasteiger partial charge in [-0.25, -0.2) is 0 Å². The standard InChI is InChI=1S/C14H18F3N3O.2ClH/c1-9(18)10-4-6-20(7-5-10)13(21)11-2-3-12(19-8-11)14(15,16)17;;/h2-3,8-10H,4-7,18H2,1H3;2*1H. The second kappa shape index (κ2) is 8.70. The lowest BCUT2D eigenvalue weighted by molar-refractivity contribution is -0.141. The summed E-state index contributed by atoms with van der Waals surface area (Å²) in [5.74, 6) is 0.110. The number of nitrogens with zero attached hydrogens (tertiary/aromatic N) is 2. The van der Waals surface area contributed by atoms with E-state index in [0.29, 0.717) is 19.0 Å². The molecule has 2 heterocycles. The second-order valence-electron chi connectivity index (χ2n) is 5.42. The van der Waals surface area contributed by atoms with E-state index < -0.39 is 11.9 Å². The second-order valence-corrected chi connectivity index (χ2v) is 5.42. The highest BCUT2D eigenvalue weighted by molar-refractivity contribution is 5.94. The Bertz CT molecular complexity index is 501. The van der Waals surface area contributed by atoms with Gasteiger partial charge in [0, 0.05) is 25.3 Å². The lowest BCUT2D eigenvalue weighted by Gasteiger charge is -2.33. The van der Waals surface area contributed by atoms with Crippen LogP contribution in [0.1, 0.15) is 35.8 Å². The van der Waals surface area contributed by atoms with E-state index in [1.165, 1.54) is 6.07 Å². The maximum atomic E-state index is 12.4. The van der Waals surface area contributed by atoms with Crippen molar-refractivity contribution in [3.8, 4) is 0 Å². The van der Waals surface area contributed by atoms with Gasteiger partial charge in [0.15, 0.2) is 0 Å². The Labute approximate surface area is 145 Å². The molecule has 0 bridgehead atoms. The molecule has 1 amide bonds. The number of carbonyl (C=O) groups is 1. The minimum absolute atomic E-state index is 0. The smallest absolute Gasteiger partial charge is 0.339 e. The van der Waals surface area contributed by atoms with Crippen LogP contribution < -0.4 is 5.73 Å². The summed E-state index contributed by atoms with van der Waals surface area (Å²) in [5, 5.41) is 0. The van der Waals surface area contributed by atoms with Crippen molar-refractivity contribution in [3.63, 3.8) is 0 Å². The Morgan fingerprint density at radius 2 is 1.87 bits per heavy atom. The van der Waals surface area contributed by atoms with E-state index in [1.54, 1.807) is 4.90 Å². The van der Waals surface area contributed by atoms with Crippen LogP contribution in [0.3, 0.4) is 0 Å². The molecule has 1 aliphatic heterocycles. The first kappa shape index (κ1) is 21.9. The van der Waals surface area contributed by atoms with Gasteiger partial charge in [0.2, 0.25) is 0 Å². The molecular formula is C14H20Cl2F3N3O. The van der Waals surface area contributed by atoms with E-state index >= 15 is 0 Å². The average Bonchev–Trinajstić information content (AvgIpc) is 2.46. The molecule has 1 fully saturated rings. The fourth-order valence-corrected chi connectivity index (χ4v) is 2.50. The van der Waals surface area contributed by atoms with Crippen molar-refractivity contribution in [1.82, 2.24) is 9.88 Å². The van der Waals surface area contributed by atoms with Crippen molar-refractivity contribution in [2.45, 2.75) is 32.0 Å². The molecule has 0 radical (unpaired) electrons. The molecule has 0 aromatic carbocycles. The van der Waals surface area contributed by atoms with Gasteiger partial charge in [0.1, 0.15) is 5.69 Å². The number of hydrogen-bond donors (Lipinski definition) is 1. The summed E-state index contributed by atoms with van der Waals surface area (Å²) >= 11 is 0. The number of nitrogens with two attached hydrogens (primary N) is 1. The lowest BCUT2D eigenvalue weighted by atomic mass is 9.91. The molecule has 132 valence electrons. The molecule has 0 aliphatic carbocycles. The molecule has 2 rings (SSSR count). The van der Waals surface area contributed by atoms with Gasteiger partial charge in [-0.1, -0.05) is 0 Å². The van der Waals surface area contributed by atoms with Gasteiger partial charge in [0.05, 0.1) is 5.56 Å². The maximum Gasteiger partial charge on any atom is 0.433 e. The summed E-state index contributed by atoms with van der Waals surface area (Å²) in [6, 6.07) is 2.10. The van der Waals surface area contributed by atoms with Crippen LogP contribution in [-0.4, -0.2) is 34.9 Å². The Kier molecular flexibility index (Phi) is 8.31. The average molecular weight is 374 g/mol. The zero-order valence-corrected chi connectivity index (χ0v) is 14.2. The molecule has 1 saturated heterocycles. The quantitative estimate of drug-likeness (QED) is 0.865. The highest BCUT2D eigenvalue weighted by Gasteiger charge is 2.32. The topological polar surface area (TPSA) is 59.2 Å². The van der Waals surface area contributed by atoms with E-state index in [2.05, 4.69) is 4.98 Å². The molecule has 1 atom stereocenters. The van der Waals surface area contributed by atoms with E-state index in [4.69, 9.17) is 5.73 Å². The number of likely N-dealkylation sites (tertiary alicyclic amines) is 1. The number of hydrogen-bond acceptors (Lipinski definition) is 3. The van der Waals surface area contributed by atoms with Crippen molar-refractivity contribution in [2.24, 2.45) is 11.7 Å². The van der Waals surface area contributed by atoms with Crippen LogP contribution in [0.25, 0.3) is 0 Å². The third-order valence-corrected chi connectivity index (χ3v) is 3.87. The van der Waals surface area contributed by atoms with Crippen LogP contribution >= 0.6 is 24.8 Å². The summed E-state index contributed by atoms with van der Waals surface area (Å²) in [6.45, 7) is 3.10. The third kappa shape index (κ3) is 5.51. The molecule has 1 aromatic heterocycles. The van der Waals surface area contributed by atoms with Crippen LogP contribution in [0, 0.1) is 5.92 Å². The summed E-state index contributed by atoms with van der Waals surface area (Å²) in [4.78, 5) is 17.2. The molecule has 23 heavy (non-hydrogen) atoms. The van der Waals surface area contributed by atoms with Gasteiger partial charge in [-0.2, -0.15) is 13.2 Å². The number of carbonyl (C=O) groups excluding carboxylic acids is 1. The Morgan fingerprint density at radius 3 is 2.26 bits per heavy atom. The van der Waals surface area contributed by atoms with Gasteiger partial charge >= 0.3 is 6.18 Å². The number of piperidine rings is 1. The molecule has 0 saturated carbocycles. The lowest BCUT2D eigenvalue weighted by Crippen LogP contribution is -2.42. The predicted octanol–water partition coefficient (Wildman–Crippen LogP) is 3.14. The zero-order chi connectivity index (χ0) is 15.6. The Balaban J connectivity index is 0.00000242. The van der Waals surface area contributed by atoms with Gasteiger partial charge in [-0.05, 0) is 37.8 Å². The van der Waals surface area contributed by atoms with Gasteiger partial charge < -0.3 is 10.6 Å². The molecule has 9 heteroatoms. The monoisotopic (exact) mass is 373 g/mol. The van der Waals surface area contributed by atoms with E-state index in [9.17, 15) is 18.0 Å². The van der Waals surface area contributed by atoms with Crippen molar-refractivity contribution < 1.29 is 18.0 Å². The zero-order valence-electron chi connectivity index (χ0n) is 12.5. The third-order valence-electron chi connectivity index (χ3n) is 3.87. The minimum atomic E-state index is -4.49. The van der Waals surface area contributed by atoms with Crippen LogP contribution in [0.5, 0.6) is 0 Å². The molecule has 4 nitrogen and oxygen atoms in total. The van der Waals surface area contributed by atoms with E-state index in [1.807, 2.05) is 6.92 Å². The van der Waals surface area contributed by atoms with E-state index in [-0.39, 0.29) is 42.3 Å². The first-order valence-electron chi connectivity index (χ1n) is 6.87. The first-order valence-corrected chi connectivity index (χ1v) is 6.87. The van der Waals surface area contributed by atoms with Gasteiger partial charge in [-0.15, -0.1) is 24.8 Å². The number of halogens is 5. The van der Waals surface area contributed by atoms with Crippen LogP contribution in [-0.2, 0) is 6.18 Å². The van der Waals surface area contributed by atoms with Crippen molar-refractivity contribution in [2.75, 3.05) is 13.1 Å². The highest BCUT2D eigenvalue weighted by Crippen LogP contribution is 2.27. The van der Waals surface area contributed by atoms with Crippen molar-refractivity contribution >= 4 is 30.7 Å². The largest absolute Gasteiger partial charge is 0.433 e. The Hall–Kier alpha value is -1.05. The first-order chi connectivity index (χ1) is 9.79. The highest BCUT2D eigenvalue weighted by atomic mass is 35.5. The molecule has 0 spiro atoms. The number of aromatic nitrogens is 1. The minimum Gasteiger partial charge on any atom is -0.339 e. The molecule has 2 N–H and O–H groups in total. The normalized spacial score (nSPS) is 17.0. The predicted molar refractivity (Wildman–Crippen MR) is 86.0 cm³/mol. The molecular weight excluding hydrogens is 354 g/mol. The van der Waals surface area contributed by atoms with Gasteiger partial charge in [-0.3, -0.25) is 9.78 Å². The summed E-state index contributed by atoms with van der Waals surface area (Å²) in [5.41, 5.74) is 5.03. The summed E-state index contributed by atoms with van der Waals surface area (Å²) < 4.78 is 37.3. The fraction of sp³-hybridized carbons (Fsp3) is 0.571. The molecule has 1 unspecified atom stereocenters. The number of rotatable bonds is 2. The number of amides is 1. The SMILES string of the molecule is CC(N)C1CCN(C(=O)c2ccc(C(F)(F)F)nc2)CC1.Cl.Cl. The maximum absolute atomic E-state index is 12.4. The molecule has 1 aromatic rings.